The zero-order chi connectivity index (χ0) is 11.1. The second-order valence-electron chi connectivity index (χ2n) is 2.88. The quantitative estimate of drug-likeness (QED) is 0.663. The molecule has 0 spiro atoms. The van der Waals surface area contributed by atoms with E-state index < -0.39 is 24.8 Å². The smallest absolute Gasteiger partial charge is 0.255 e. The van der Waals surface area contributed by atoms with Gasteiger partial charge in [-0.1, -0.05) is 25.6 Å². The zero-order valence-electron chi connectivity index (χ0n) is 7.93. The largest absolute Gasteiger partial charge is 0.393 e. The summed E-state index contributed by atoms with van der Waals surface area (Å²) in [5.41, 5.74) is 5.31. The van der Waals surface area contributed by atoms with Crippen LogP contribution >= 0.6 is 12.2 Å². The van der Waals surface area contributed by atoms with E-state index in [4.69, 9.17) is 5.73 Å². The molecule has 14 heavy (non-hydrogen) atoms. The number of halogens is 2. The van der Waals surface area contributed by atoms with Gasteiger partial charge >= 0.3 is 0 Å². The number of hydrogen-bond acceptors (Lipinski definition) is 2. The van der Waals surface area contributed by atoms with E-state index in [1.54, 1.807) is 0 Å². The van der Waals surface area contributed by atoms with Gasteiger partial charge in [0, 0.05) is 0 Å². The molecule has 0 rings (SSSR count). The first-order chi connectivity index (χ1) is 6.49. The van der Waals surface area contributed by atoms with E-state index >= 15 is 0 Å². The lowest BCUT2D eigenvalue weighted by atomic mass is 10.0. The minimum absolute atomic E-state index is 0.0543. The first kappa shape index (κ1) is 13.2. The van der Waals surface area contributed by atoms with Crippen LogP contribution in [0.25, 0.3) is 0 Å². The van der Waals surface area contributed by atoms with Crippen molar-refractivity contribution in [2.24, 2.45) is 11.7 Å². The maximum Gasteiger partial charge on any atom is 0.255 e. The highest BCUT2D eigenvalue weighted by Crippen LogP contribution is 2.07. The number of nitrogens with one attached hydrogen (secondary N) is 1. The summed E-state index contributed by atoms with van der Waals surface area (Å²) in [5.74, 6) is -1.15. The van der Waals surface area contributed by atoms with Gasteiger partial charge in [-0.3, -0.25) is 4.79 Å². The van der Waals surface area contributed by atoms with Gasteiger partial charge in [0.1, 0.15) is 0 Å². The standard InChI is InChI=1S/C8H14F2N2OS/c1-2-3-5(7(11)14)8(13)12-4-6(9)10/h5-6H,2-4H2,1H3,(H2,11,14)(H,12,13). The van der Waals surface area contributed by atoms with Gasteiger partial charge < -0.3 is 11.1 Å². The monoisotopic (exact) mass is 224 g/mol. The van der Waals surface area contributed by atoms with Crippen molar-refractivity contribution in [1.82, 2.24) is 5.32 Å². The Morgan fingerprint density at radius 2 is 2.14 bits per heavy atom. The van der Waals surface area contributed by atoms with Crippen LogP contribution in [0.5, 0.6) is 0 Å². The molecule has 0 aliphatic carbocycles. The normalized spacial score (nSPS) is 12.6. The lowest BCUT2D eigenvalue weighted by Gasteiger charge is -2.14. The molecular weight excluding hydrogens is 210 g/mol. The van der Waals surface area contributed by atoms with Crippen LogP contribution in [0.2, 0.25) is 0 Å². The number of carbonyl (C=O) groups is 1. The molecule has 1 unspecified atom stereocenters. The minimum atomic E-state index is -2.55. The molecule has 1 atom stereocenters. The maximum absolute atomic E-state index is 11.8. The third kappa shape index (κ3) is 5.06. The molecule has 0 aliphatic rings. The summed E-state index contributed by atoms with van der Waals surface area (Å²) in [6.45, 7) is 1.22. The van der Waals surface area contributed by atoms with Crippen LogP contribution in [0.15, 0.2) is 0 Å². The van der Waals surface area contributed by atoms with Gasteiger partial charge in [0.2, 0.25) is 5.91 Å². The van der Waals surface area contributed by atoms with E-state index in [-0.39, 0.29) is 4.99 Å². The molecule has 0 bridgehead atoms. The fourth-order valence-electron chi connectivity index (χ4n) is 0.992. The maximum atomic E-state index is 11.8. The van der Waals surface area contributed by atoms with Crippen molar-refractivity contribution in [1.29, 1.82) is 0 Å². The summed E-state index contributed by atoms with van der Waals surface area (Å²) < 4.78 is 23.5. The van der Waals surface area contributed by atoms with Crippen molar-refractivity contribution in [2.45, 2.75) is 26.2 Å². The van der Waals surface area contributed by atoms with Crippen molar-refractivity contribution in [3.63, 3.8) is 0 Å². The van der Waals surface area contributed by atoms with E-state index in [1.165, 1.54) is 0 Å². The van der Waals surface area contributed by atoms with E-state index in [1.807, 2.05) is 6.92 Å². The third-order valence-electron chi connectivity index (χ3n) is 1.67. The Bertz CT molecular complexity index is 212. The van der Waals surface area contributed by atoms with Crippen LogP contribution < -0.4 is 11.1 Å². The number of rotatable bonds is 6. The molecule has 0 heterocycles. The average Bonchev–Trinajstić information content (AvgIpc) is 2.09. The van der Waals surface area contributed by atoms with Crippen molar-refractivity contribution in [3.05, 3.63) is 0 Å². The summed E-state index contributed by atoms with van der Waals surface area (Å²) in [5, 5.41) is 2.09. The summed E-state index contributed by atoms with van der Waals surface area (Å²) in [4.78, 5) is 11.3. The molecule has 0 aliphatic heterocycles. The first-order valence-electron chi connectivity index (χ1n) is 4.34. The SMILES string of the molecule is CCCC(C(=O)NCC(F)F)C(N)=S. The van der Waals surface area contributed by atoms with Crippen LogP contribution in [-0.2, 0) is 4.79 Å². The molecule has 0 saturated heterocycles. The van der Waals surface area contributed by atoms with Gasteiger partial charge in [-0.15, -0.1) is 0 Å². The molecule has 3 N–H and O–H groups in total. The topological polar surface area (TPSA) is 55.1 Å². The predicted molar refractivity (Wildman–Crippen MR) is 54.2 cm³/mol. The van der Waals surface area contributed by atoms with Crippen molar-refractivity contribution in [2.75, 3.05) is 6.54 Å². The van der Waals surface area contributed by atoms with Gasteiger partial charge in [-0.05, 0) is 6.42 Å². The summed E-state index contributed by atoms with van der Waals surface area (Å²) in [6.07, 6.45) is -1.33. The molecule has 0 radical (unpaired) electrons. The Kier molecular flexibility index (Phi) is 6.27. The van der Waals surface area contributed by atoms with Crippen LogP contribution in [-0.4, -0.2) is 23.9 Å². The van der Waals surface area contributed by atoms with Crippen LogP contribution in [0, 0.1) is 5.92 Å². The molecule has 0 aromatic carbocycles. The van der Waals surface area contributed by atoms with Gasteiger partial charge in [-0.25, -0.2) is 8.78 Å². The number of alkyl halides is 2. The predicted octanol–water partition coefficient (Wildman–Crippen LogP) is 1.07. The van der Waals surface area contributed by atoms with Gasteiger partial charge in [0.05, 0.1) is 17.5 Å². The van der Waals surface area contributed by atoms with Gasteiger partial charge in [-0.2, -0.15) is 0 Å². The third-order valence-corrected chi connectivity index (χ3v) is 1.95. The molecule has 1 amide bonds. The van der Waals surface area contributed by atoms with Crippen molar-refractivity contribution >= 4 is 23.1 Å². The Labute approximate surface area is 87.0 Å². The molecule has 3 nitrogen and oxygen atoms in total. The first-order valence-corrected chi connectivity index (χ1v) is 4.75. The summed E-state index contributed by atoms with van der Waals surface area (Å²) >= 11 is 4.67. The lowest BCUT2D eigenvalue weighted by molar-refractivity contribution is -0.123. The molecule has 0 aromatic heterocycles. The van der Waals surface area contributed by atoms with Crippen LogP contribution in [0.4, 0.5) is 8.78 Å². The Balaban J connectivity index is 4.09. The molecule has 0 saturated carbocycles. The molecule has 0 aromatic rings. The fourth-order valence-corrected chi connectivity index (χ4v) is 1.22. The Morgan fingerprint density at radius 3 is 2.50 bits per heavy atom. The molecule has 0 fully saturated rings. The highest BCUT2D eigenvalue weighted by Gasteiger charge is 2.20. The highest BCUT2D eigenvalue weighted by atomic mass is 32.1. The molecular formula is C8H14F2N2OS. The minimum Gasteiger partial charge on any atom is -0.393 e. The van der Waals surface area contributed by atoms with Crippen molar-refractivity contribution in [3.8, 4) is 0 Å². The number of carbonyl (C=O) groups excluding carboxylic acids is 1. The Morgan fingerprint density at radius 1 is 1.57 bits per heavy atom. The highest BCUT2D eigenvalue weighted by molar-refractivity contribution is 7.80. The van der Waals surface area contributed by atoms with E-state index in [0.29, 0.717) is 6.42 Å². The zero-order valence-corrected chi connectivity index (χ0v) is 8.74. The Hall–Kier alpha value is -0.780. The lowest BCUT2D eigenvalue weighted by Crippen LogP contribution is -2.39. The average molecular weight is 224 g/mol. The number of amides is 1. The van der Waals surface area contributed by atoms with Crippen molar-refractivity contribution < 1.29 is 13.6 Å². The number of nitrogens with two attached hydrogens (primary N) is 1. The number of thiocarbonyl (C=S) groups is 1. The number of hydrogen-bond donors (Lipinski definition) is 2. The second-order valence-corrected chi connectivity index (χ2v) is 3.35. The van der Waals surface area contributed by atoms with Gasteiger partial charge in [0.25, 0.3) is 6.43 Å². The molecule has 82 valence electrons. The second kappa shape index (κ2) is 6.64. The van der Waals surface area contributed by atoms with E-state index in [2.05, 4.69) is 17.5 Å². The van der Waals surface area contributed by atoms with Crippen LogP contribution in [0.3, 0.4) is 0 Å². The fraction of sp³-hybridized carbons (Fsp3) is 0.750. The van der Waals surface area contributed by atoms with Crippen LogP contribution in [0.1, 0.15) is 19.8 Å². The molecule has 6 heteroatoms. The summed E-state index contributed by atoms with van der Waals surface area (Å²) in [7, 11) is 0. The van der Waals surface area contributed by atoms with Gasteiger partial charge in [0.15, 0.2) is 0 Å². The summed E-state index contributed by atoms with van der Waals surface area (Å²) in [6, 6.07) is 0. The van der Waals surface area contributed by atoms with E-state index in [9.17, 15) is 13.6 Å². The van der Waals surface area contributed by atoms with E-state index in [0.717, 1.165) is 6.42 Å².